The van der Waals surface area contributed by atoms with Gasteiger partial charge in [-0.3, -0.25) is 9.59 Å². The summed E-state index contributed by atoms with van der Waals surface area (Å²) < 4.78 is 18.9. The van der Waals surface area contributed by atoms with Crippen LogP contribution in [-0.4, -0.2) is 54.1 Å². The number of aryl methyl sites for hydroxylation is 1. The van der Waals surface area contributed by atoms with Gasteiger partial charge in [-0.15, -0.1) is 0 Å². The van der Waals surface area contributed by atoms with Crippen molar-refractivity contribution in [3.05, 3.63) is 52.3 Å². The molecule has 1 aliphatic carbocycles. The molecule has 1 fully saturated rings. The van der Waals surface area contributed by atoms with Crippen molar-refractivity contribution in [2.75, 3.05) is 31.6 Å². The second-order valence-electron chi connectivity index (χ2n) is 10.5. The number of fused-ring (bicyclic) bond motifs is 1. The van der Waals surface area contributed by atoms with Crippen LogP contribution < -0.4 is 15.4 Å². The molecule has 1 heterocycles. The molecular weight excluding hydrogens is 521 g/mol. The third-order valence-electron chi connectivity index (χ3n) is 7.60. The van der Waals surface area contributed by atoms with Crippen molar-refractivity contribution in [2.45, 2.75) is 76.7 Å². The van der Waals surface area contributed by atoms with Gasteiger partial charge in [0.1, 0.15) is 17.3 Å². The van der Waals surface area contributed by atoms with Gasteiger partial charge in [0, 0.05) is 25.6 Å². The predicted molar refractivity (Wildman–Crippen MR) is 151 cm³/mol. The highest BCUT2D eigenvalue weighted by atomic mass is 35.5. The molecule has 0 atom stereocenters. The third kappa shape index (κ3) is 8.32. The number of halogens is 2. The van der Waals surface area contributed by atoms with Gasteiger partial charge >= 0.3 is 0 Å². The summed E-state index contributed by atoms with van der Waals surface area (Å²) in [4.78, 5) is 26.9. The quantitative estimate of drug-likeness (QED) is 0.219. The Morgan fingerprint density at radius 1 is 1.10 bits per heavy atom. The highest BCUT2D eigenvalue weighted by Gasteiger charge is 2.25. The zero-order valence-electron chi connectivity index (χ0n) is 22.4. The molecule has 0 bridgehead atoms. The summed E-state index contributed by atoms with van der Waals surface area (Å²) in [6.07, 6.45) is 10.5. The largest absolute Gasteiger partial charge is 0.506 e. The average Bonchev–Trinajstić information content (AvgIpc) is 2.94. The summed E-state index contributed by atoms with van der Waals surface area (Å²) in [7, 11) is 0. The monoisotopic (exact) mass is 559 g/mol. The second-order valence-corrected chi connectivity index (χ2v) is 10.9. The molecule has 1 aliphatic heterocycles. The fourth-order valence-electron chi connectivity index (χ4n) is 5.48. The fraction of sp³-hybridized carbons (Fsp3) is 0.533. The van der Waals surface area contributed by atoms with Crippen molar-refractivity contribution in [3.8, 4) is 11.5 Å². The van der Waals surface area contributed by atoms with Crippen LogP contribution in [-0.2, 0) is 22.4 Å². The van der Waals surface area contributed by atoms with Crippen molar-refractivity contribution in [1.29, 1.82) is 0 Å². The summed E-state index contributed by atoms with van der Waals surface area (Å²) in [5.74, 6) is 0.0952. The fourth-order valence-corrected chi connectivity index (χ4v) is 5.68. The minimum atomic E-state index is -0.412. The molecule has 9 heteroatoms. The van der Waals surface area contributed by atoms with E-state index in [0.717, 1.165) is 62.6 Å². The lowest BCUT2D eigenvalue weighted by Gasteiger charge is -2.34. The molecule has 0 saturated heterocycles. The van der Waals surface area contributed by atoms with Crippen molar-refractivity contribution in [1.82, 2.24) is 10.2 Å². The van der Waals surface area contributed by atoms with E-state index in [0.29, 0.717) is 37.0 Å². The lowest BCUT2D eigenvalue weighted by molar-refractivity contribution is -0.134. The normalized spacial score (nSPS) is 15.4. The number of hydrogen-bond acceptors (Lipinski definition) is 5. The van der Waals surface area contributed by atoms with E-state index < -0.39 is 5.82 Å². The van der Waals surface area contributed by atoms with E-state index in [-0.39, 0.29) is 29.2 Å². The van der Waals surface area contributed by atoms with Gasteiger partial charge in [-0.25, -0.2) is 4.39 Å². The van der Waals surface area contributed by atoms with Crippen LogP contribution in [0.4, 0.5) is 10.1 Å². The Hall–Kier alpha value is -2.84. The highest BCUT2D eigenvalue weighted by Crippen LogP contribution is 2.39. The molecular formula is C30H39ClFN3O4. The maximum absolute atomic E-state index is 13.3. The maximum Gasteiger partial charge on any atom is 0.262 e. The Kier molecular flexibility index (Phi) is 10.9. The Bertz CT molecular complexity index is 1140. The molecule has 2 aromatic rings. The number of nitrogens with zero attached hydrogens (tertiary/aromatic N) is 1. The van der Waals surface area contributed by atoms with Gasteiger partial charge in [-0.1, -0.05) is 49.4 Å². The van der Waals surface area contributed by atoms with Crippen LogP contribution in [0.3, 0.4) is 0 Å². The second kappa shape index (κ2) is 14.5. The zero-order chi connectivity index (χ0) is 27.6. The van der Waals surface area contributed by atoms with Crippen LogP contribution in [0.25, 0.3) is 0 Å². The van der Waals surface area contributed by atoms with Gasteiger partial charge < -0.3 is 25.4 Å². The first-order valence-corrected chi connectivity index (χ1v) is 14.5. The number of carbonyl (C=O) groups is 2. The Morgan fingerprint density at radius 2 is 1.92 bits per heavy atom. The van der Waals surface area contributed by atoms with Gasteiger partial charge in [0.05, 0.1) is 5.02 Å². The molecule has 0 radical (unpaired) electrons. The molecule has 7 nitrogen and oxygen atoms in total. The zero-order valence-corrected chi connectivity index (χ0v) is 23.2. The Morgan fingerprint density at radius 3 is 2.72 bits per heavy atom. The van der Waals surface area contributed by atoms with Crippen molar-refractivity contribution in [3.63, 3.8) is 0 Å². The first kappa shape index (κ1) is 29.2. The van der Waals surface area contributed by atoms with Gasteiger partial charge in [0.15, 0.2) is 12.4 Å². The van der Waals surface area contributed by atoms with Gasteiger partial charge in [-0.2, -0.15) is 0 Å². The van der Waals surface area contributed by atoms with E-state index in [9.17, 15) is 19.1 Å². The minimum Gasteiger partial charge on any atom is -0.506 e. The minimum absolute atomic E-state index is 0.0118. The number of ether oxygens (including phenoxy) is 1. The lowest BCUT2D eigenvalue weighted by atomic mass is 9.93. The number of nitrogens with one attached hydrogen (secondary N) is 2. The first-order valence-electron chi connectivity index (χ1n) is 14.1. The van der Waals surface area contributed by atoms with E-state index in [4.69, 9.17) is 16.3 Å². The number of anilines is 1. The molecule has 2 aliphatic rings. The molecule has 212 valence electrons. The molecule has 0 unspecified atom stereocenters. The molecule has 0 aromatic heterocycles. The van der Waals surface area contributed by atoms with Gasteiger partial charge in [-0.05, 0) is 74.4 Å². The summed E-state index contributed by atoms with van der Waals surface area (Å²) >= 11 is 5.86. The average molecular weight is 560 g/mol. The number of phenols is 1. The Labute approximate surface area is 235 Å². The van der Waals surface area contributed by atoms with Crippen molar-refractivity contribution >= 4 is 29.1 Å². The standard InChI is InChI=1S/C30H39ClFN3O4/c31-24-19-21(10-12-25(24)32)14-16-33-17-15-28(38)35(23-8-4-1-5-9-23)18-6-2-3-7-22-11-13-26(36)29-30(22)39-20-27(37)34-29/h10-13,19,23,33,36H,1-9,14-18,20H2,(H,34,37). The van der Waals surface area contributed by atoms with E-state index in [1.165, 1.54) is 25.3 Å². The molecule has 39 heavy (non-hydrogen) atoms. The Balaban J connectivity index is 1.21. The van der Waals surface area contributed by atoms with E-state index in [2.05, 4.69) is 15.5 Å². The van der Waals surface area contributed by atoms with Crippen LogP contribution in [0.2, 0.25) is 5.02 Å². The summed E-state index contributed by atoms with van der Waals surface area (Å²) in [6.45, 7) is 2.03. The number of phenolic OH excluding ortho intramolecular Hbond substituents is 1. The van der Waals surface area contributed by atoms with Crippen LogP contribution in [0.1, 0.15) is 68.9 Å². The van der Waals surface area contributed by atoms with Gasteiger partial charge in [0.2, 0.25) is 5.91 Å². The SMILES string of the molecule is O=C1COc2c(CCCCCN(C(=O)CCNCCc3ccc(F)c(Cl)c3)C3CCCCC3)ccc(O)c2N1. The lowest BCUT2D eigenvalue weighted by Crippen LogP contribution is -2.43. The number of carbonyl (C=O) groups excluding carboxylic acids is 2. The van der Waals surface area contributed by atoms with Gasteiger partial charge in [0.25, 0.3) is 5.91 Å². The molecule has 3 N–H and O–H groups in total. The number of aromatic hydroxyl groups is 1. The molecule has 4 rings (SSSR count). The summed E-state index contributed by atoms with van der Waals surface area (Å²) in [5, 5.41) is 16.2. The topological polar surface area (TPSA) is 90.9 Å². The molecule has 0 spiro atoms. The van der Waals surface area contributed by atoms with Crippen molar-refractivity contribution < 1.29 is 23.8 Å². The van der Waals surface area contributed by atoms with E-state index in [1.807, 2.05) is 6.07 Å². The van der Waals surface area contributed by atoms with Crippen LogP contribution in [0, 0.1) is 5.82 Å². The maximum atomic E-state index is 13.3. The van der Waals surface area contributed by atoms with E-state index >= 15 is 0 Å². The third-order valence-corrected chi connectivity index (χ3v) is 7.89. The molecule has 1 saturated carbocycles. The first-order chi connectivity index (χ1) is 18.9. The molecule has 2 aromatic carbocycles. The van der Waals surface area contributed by atoms with Crippen LogP contribution in [0.15, 0.2) is 30.3 Å². The smallest absolute Gasteiger partial charge is 0.262 e. The van der Waals surface area contributed by atoms with E-state index in [1.54, 1.807) is 18.2 Å². The van der Waals surface area contributed by atoms with Crippen LogP contribution in [0.5, 0.6) is 11.5 Å². The number of rotatable bonds is 13. The number of amides is 2. The number of hydrogen-bond donors (Lipinski definition) is 3. The van der Waals surface area contributed by atoms with Crippen molar-refractivity contribution in [2.24, 2.45) is 0 Å². The summed E-state index contributed by atoms with van der Waals surface area (Å²) in [6, 6.07) is 8.54. The predicted octanol–water partition coefficient (Wildman–Crippen LogP) is 5.61. The molecule has 2 amide bonds. The number of benzene rings is 2. The highest BCUT2D eigenvalue weighted by molar-refractivity contribution is 6.30. The summed E-state index contributed by atoms with van der Waals surface area (Å²) in [5.41, 5.74) is 2.29. The number of unbranched alkanes of at least 4 members (excludes halogenated alkanes) is 2. The van der Waals surface area contributed by atoms with Crippen LogP contribution >= 0.6 is 11.6 Å².